The summed E-state index contributed by atoms with van der Waals surface area (Å²) in [4.78, 5) is 21.0. The number of hydrogen-bond acceptors (Lipinski definition) is 4. The third-order valence-electron chi connectivity index (χ3n) is 6.83. The van der Waals surface area contributed by atoms with Crippen molar-refractivity contribution in [2.75, 3.05) is 25.0 Å². The first-order valence-corrected chi connectivity index (χ1v) is 11.6. The Kier molecular flexibility index (Phi) is 5.47. The number of benzene rings is 1. The van der Waals surface area contributed by atoms with E-state index >= 15 is 0 Å². The van der Waals surface area contributed by atoms with Gasteiger partial charge in [0.25, 0.3) is 0 Å². The number of allylic oxidation sites excluding steroid dienone is 1. The van der Waals surface area contributed by atoms with E-state index in [2.05, 4.69) is 32.9 Å². The van der Waals surface area contributed by atoms with Crippen LogP contribution < -0.4 is 5.32 Å². The number of carbonyl (C=O) groups is 1. The highest BCUT2D eigenvalue weighted by Gasteiger charge is 2.44. The van der Waals surface area contributed by atoms with E-state index in [9.17, 15) is 4.79 Å². The van der Waals surface area contributed by atoms with Crippen LogP contribution in [0, 0.1) is 0 Å². The van der Waals surface area contributed by atoms with Gasteiger partial charge in [-0.15, -0.1) is 5.10 Å². The van der Waals surface area contributed by atoms with Gasteiger partial charge in [0.05, 0.1) is 0 Å². The van der Waals surface area contributed by atoms with Crippen molar-refractivity contribution in [3.63, 3.8) is 0 Å². The van der Waals surface area contributed by atoms with Crippen molar-refractivity contribution in [3.05, 3.63) is 59.5 Å². The van der Waals surface area contributed by atoms with Gasteiger partial charge in [0.1, 0.15) is 0 Å². The number of hydrogen-bond donors (Lipinski definition) is 2. The van der Waals surface area contributed by atoms with Gasteiger partial charge >= 0.3 is 6.03 Å². The van der Waals surface area contributed by atoms with E-state index in [1.54, 1.807) is 12.3 Å². The maximum absolute atomic E-state index is 12.9. The van der Waals surface area contributed by atoms with Crippen LogP contribution in [-0.2, 0) is 6.54 Å². The average molecular weight is 453 g/mol. The lowest BCUT2D eigenvalue weighted by Crippen LogP contribution is -2.53. The first-order valence-electron chi connectivity index (χ1n) is 11.2. The smallest absolute Gasteiger partial charge is 0.344 e. The molecule has 2 saturated heterocycles. The molecular formula is C24H29ClN6O. The summed E-state index contributed by atoms with van der Waals surface area (Å²) in [5.74, 6) is 0.640. The second-order valence-electron chi connectivity index (χ2n) is 9.10. The molecule has 0 radical (unpaired) electrons. The number of piperidine rings is 1. The minimum absolute atomic E-state index is 0.0633. The van der Waals surface area contributed by atoms with Gasteiger partial charge in [-0.25, -0.2) is 4.79 Å². The van der Waals surface area contributed by atoms with Crippen molar-refractivity contribution >= 4 is 34.4 Å². The summed E-state index contributed by atoms with van der Waals surface area (Å²) in [7, 11) is 0. The zero-order chi connectivity index (χ0) is 22.3. The van der Waals surface area contributed by atoms with Gasteiger partial charge in [0.15, 0.2) is 5.82 Å². The second-order valence-corrected chi connectivity index (χ2v) is 9.53. The largest absolute Gasteiger partial charge is 0.357 e. The lowest BCUT2D eigenvalue weighted by atomic mass is 9.85. The fraction of sp³-hybridized carbons (Fsp3) is 0.417. The molecule has 2 aliphatic rings. The Bertz CT molecular complexity index is 1160. The first kappa shape index (κ1) is 21.1. The molecule has 3 aromatic rings. The number of H-pyrrole nitrogens is 1. The molecule has 0 aliphatic carbocycles. The summed E-state index contributed by atoms with van der Waals surface area (Å²) in [6, 6.07) is 9.91. The number of aromatic amines is 1. The van der Waals surface area contributed by atoms with Crippen molar-refractivity contribution < 1.29 is 4.79 Å². The monoisotopic (exact) mass is 452 g/mol. The Balaban J connectivity index is 1.24. The maximum atomic E-state index is 12.9. The van der Waals surface area contributed by atoms with Crippen LogP contribution in [0.25, 0.3) is 10.9 Å². The van der Waals surface area contributed by atoms with Crippen molar-refractivity contribution in [1.29, 1.82) is 0 Å². The van der Waals surface area contributed by atoms with Crippen molar-refractivity contribution in [1.82, 2.24) is 24.6 Å². The molecular weight excluding hydrogens is 424 g/mol. The quantitative estimate of drug-likeness (QED) is 0.580. The van der Waals surface area contributed by atoms with Gasteiger partial charge in [0, 0.05) is 64.8 Å². The minimum atomic E-state index is -0.0633. The number of aromatic nitrogens is 3. The fourth-order valence-corrected chi connectivity index (χ4v) is 5.42. The Morgan fingerprint density at radius 1 is 1.22 bits per heavy atom. The van der Waals surface area contributed by atoms with Crippen LogP contribution >= 0.6 is 11.6 Å². The van der Waals surface area contributed by atoms with Crippen LogP contribution in [-0.4, -0.2) is 55.8 Å². The minimum Gasteiger partial charge on any atom is -0.357 e. The van der Waals surface area contributed by atoms with Gasteiger partial charge in [-0.1, -0.05) is 18.2 Å². The highest BCUT2D eigenvalue weighted by molar-refractivity contribution is 6.31. The van der Waals surface area contributed by atoms with Crippen LogP contribution in [0.15, 0.2) is 48.8 Å². The topological polar surface area (TPSA) is 69.2 Å². The molecule has 1 amide bonds. The molecule has 0 saturated carbocycles. The Morgan fingerprint density at radius 2 is 2.03 bits per heavy atom. The van der Waals surface area contributed by atoms with E-state index in [4.69, 9.17) is 11.6 Å². The first-order chi connectivity index (χ1) is 15.4. The van der Waals surface area contributed by atoms with Crippen LogP contribution in [0.2, 0.25) is 5.02 Å². The van der Waals surface area contributed by atoms with E-state index in [0.29, 0.717) is 5.82 Å². The number of rotatable bonds is 4. The highest BCUT2D eigenvalue weighted by Crippen LogP contribution is 2.39. The number of fused-ring (bicyclic) bond motifs is 1. The number of nitrogens with zero attached hydrogens (tertiary/aromatic N) is 4. The molecule has 2 aromatic heterocycles. The lowest BCUT2D eigenvalue weighted by Gasteiger charge is -2.44. The standard InChI is InChI=1S/C24H29ClN6O/c1-17(2)26-22-6-11-31(28-22)23(32)29-12-8-24(9-13-29)7-3-10-30(24)16-20-15-18-14-19(25)4-5-21(18)27-20/h4-6,11,14-15,27H,1,3,7-10,12-13,16H2,2H3,(H,26,28). The predicted octanol–water partition coefficient (Wildman–Crippen LogP) is 5.06. The number of carbonyl (C=O) groups excluding carboxylic acids is 1. The molecule has 0 atom stereocenters. The molecule has 0 unspecified atom stereocenters. The highest BCUT2D eigenvalue weighted by atomic mass is 35.5. The van der Waals surface area contributed by atoms with E-state index in [0.717, 1.165) is 60.6 Å². The molecule has 1 aromatic carbocycles. The zero-order valence-corrected chi connectivity index (χ0v) is 19.2. The van der Waals surface area contributed by atoms with Gasteiger partial charge in [-0.05, 0) is 63.4 Å². The number of nitrogens with one attached hydrogen (secondary N) is 2. The van der Waals surface area contributed by atoms with Crippen molar-refractivity contribution in [2.45, 2.75) is 44.7 Å². The van der Waals surface area contributed by atoms with E-state index in [-0.39, 0.29) is 11.6 Å². The number of anilines is 1. The van der Waals surface area contributed by atoms with Gasteiger partial charge in [-0.2, -0.15) is 4.68 Å². The number of likely N-dealkylation sites (tertiary alicyclic amines) is 2. The van der Waals surface area contributed by atoms with Gasteiger partial charge < -0.3 is 15.2 Å². The molecule has 7 nitrogen and oxygen atoms in total. The molecule has 32 heavy (non-hydrogen) atoms. The Labute approximate surface area is 193 Å². The van der Waals surface area contributed by atoms with E-state index in [1.165, 1.54) is 23.2 Å². The SMILES string of the molecule is C=C(C)Nc1ccn(C(=O)N2CCC3(CCCN3Cc3cc4cc(Cl)ccc4[nH]3)CC2)n1. The molecule has 5 rings (SSSR count). The van der Waals surface area contributed by atoms with Crippen LogP contribution in [0.4, 0.5) is 10.6 Å². The summed E-state index contributed by atoms with van der Waals surface area (Å²) in [6.07, 6.45) is 6.08. The van der Waals surface area contributed by atoms with Crippen molar-refractivity contribution in [2.24, 2.45) is 0 Å². The van der Waals surface area contributed by atoms with E-state index < -0.39 is 0 Å². The molecule has 0 bridgehead atoms. The van der Waals surface area contributed by atoms with Gasteiger partial charge in [0.2, 0.25) is 0 Å². The Morgan fingerprint density at radius 3 is 2.81 bits per heavy atom. The summed E-state index contributed by atoms with van der Waals surface area (Å²) in [6.45, 7) is 9.18. The third-order valence-corrected chi connectivity index (χ3v) is 7.07. The average Bonchev–Trinajstić information content (AvgIpc) is 3.47. The molecule has 2 fully saturated rings. The third kappa shape index (κ3) is 4.02. The van der Waals surface area contributed by atoms with Crippen LogP contribution in [0.5, 0.6) is 0 Å². The van der Waals surface area contributed by atoms with Gasteiger partial charge in [-0.3, -0.25) is 4.90 Å². The molecule has 168 valence electrons. The predicted molar refractivity (Wildman–Crippen MR) is 128 cm³/mol. The molecule has 2 N–H and O–H groups in total. The molecule has 2 aliphatic heterocycles. The summed E-state index contributed by atoms with van der Waals surface area (Å²) in [5.41, 5.74) is 3.30. The summed E-state index contributed by atoms with van der Waals surface area (Å²) < 4.78 is 1.42. The normalized spacial score (nSPS) is 18.5. The fourth-order valence-electron chi connectivity index (χ4n) is 5.24. The lowest BCUT2D eigenvalue weighted by molar-refractivity contribution is 0.0578. The molecule has 1 spiro atoms. The van der Waals surface area contributed by atoms with E-state index in [1.807, 2.05) is 30.0 Å². The van der Waals surface area contributed by atoms with Crippen LogP contribution in [0.1, 0.15) is 38.3 Å². The number of amides is 1. The second kappa shape index (κ2) is 8.30. The maximum Gasteiger partial charge on any atom is 0.344 e. The molecule has 8 heteroatoms. The summed E-state index contributed by atoms with van der Waals surface area (Å²) in [5, 5.41) is 9.31. The zero-order valence-electron chi connectivity index (χ0n) is 18.4. The van der Waals surface area contributed by atoms with Crippen LogP contribution in [0.3, 0.4) is 0 Å². The Hall–Kier alpha value is -2.77. The number of halogens is 1. The van der Waals surface area contributed by atoms with Crippen molar-refractivity contribution in [3.8, 4) is 0 Å². The molecule has 4 heterocycles. The summed E-state index contributed by atoms with van der Waals surface area (Å²) >= 11 is 6.15.